The second-order valence-corrected chi connectivity index (χ2v) is 11.5. The molecule has 2 saturated carbocycles. The van der Waals surface area contributed by atoms with Crippen LogP contribution in [-0.4, -0.2) is 36.7 Å². The first-order valence-electron chi connectivity index (χ1n) is 13.4. The molecular formula is C30H41NO3. The number of piperidine rings is 1. The number of likely N-dealkylation sites (tertiary alicyclic amines) is 1. The van der Waals surface area contributed by atoms with Gasteiger partial charge in [-0.1, -0.05) is 26.0 Å². The summed E-state index contributed by atoms with van der Waals surface area (Å²) < 4.78 is 12.0. The molecule has 1 saturated heterocycles. The van der Waals surface area contributed by atoms with Crippen molar-refractivity contribution in [1.29, 1.82) is 0 Å². The molecule has 1 aromatic carbocycles. The van der Waals surface area contributed by atoms with E-state index in [4.69, 9.17) is 9.47 Å². The minimum absolute atomic E-state index is 0.0723. The zero-order chi connectivity index (χ0) is 24.1. The fourth-order valence-corrected chi connectivity index (χ4v) is 7.53. The van der Waals surface area contributed by atoms with Crippen molar-refractivity contribution in [2.24, 2.45) is 17.3 Å². The molecule has 0 bridgehead atoms. The van der Waals surface area contributed by atoms with Crippen LogP contribution in [0.1, 0.15) is 83.3 Å². The van der Waals surface area contributed by atoms with Crippen molar-refractivity contribution < 1.29 is 14.3 Å². The number of ether oxygens (including phenoxy) is 2. The van der Waals surface area contributed by atoms with Crippen LogP contribution >= 0.6 is 0 Å². The van der Waals surface area contributed by atoms with Crippen LogP contribution in [0.15, 0.2) is 36.2 Å². The van der Waals surface area contributed by atoms with Gasteiger partial charge in [0.05, 0.1) is 23.8 Å². The highest BCUT2D eigenvalue weighted by Crippen LogP contribution is 2.66. The first kappa shape index (κ1) is 23.7. The van der Waals surface area contributed by atoms with E-state index in [0.29, 0.717) is 12.0 Å². The van der Waals surface area contributed by atoms with Gasteiger partial charge >= 0.3 is 0 Å². The van der Waals surface area contributed by atoms with Crippen molar-refractivity contribution in [3.05, 3.63) is 47.3 Å². The summed E-state index contributed by atoms with van der Waals surface area (Å²) in [6.45, 7) is 11.3. The minimum atomic E-state index is -0.528. The maximum atomic E-state index is 14.9. The van der Waals surface area contributed by atoms with Gasteiger partial charge < -0.3 is 14.4 Å². The SMILES string of the molecule is C=C=C1CC(CC)C2(C(=O)N1C(C)C)c1cc(OCC3CC3)ccc1CC21CCC(OC)CC1. The van der Waals surface area contributed by atoms with Crippen molar-refractivity contribution in [1.82, 2.24) is 4.90 Å². The lowest BCUT2D eigenvalue weighted by Crippen LogP contribution is -2.63. The number of carbonyl (C=O) groups excluding carboxylic acids is 1. The quantitative estimate of drug-likeness (QED) is 0.473. The average molecular weight is 464 g/mol. The Morgan fingerprint density at radius 3 is 2.53 bits per heavy atom. The molecule has 3 aliphatic carbocycles. The maximum Gasteiger partial charge on any atom is 0.238 e. The third kappa shape index (κ3) is 3.48. The van der Waals surface area contributed by atoms with E-state index in [1.165, 1.54) is 24.0 Å². The third-order valence-corrected chi connectivity index (χ3v) is 9.39. The van der Waals surface area contributed by atoms with Crippen molar-refractivity contribution in [2.45, 2.75) is 96.1 Å². The fourth-order valence-electron chi connectivity index (χ4n) is 7.53. The lowest BCUT2D eigenvalue weighted by Gasteiger charge is -2.57. The molecule has 4 heteroatoms. The number of fused-ring (bicyclic) bond motifs is 3. The molecule has 5 rings (SSSR count). The standard InChI is InChI=1S/C30H41NO3/c1-6-23-16-24(7-2)31(20(3)4)28(32)30(23)27-17-26(34-19-21-8-9-21)11-10-22(27)18-29(30)14-12-25(33-5)13-15-29/h10-11,17,20-21,23,25H,2,6,8-9,12-16,18-19H2,1,3-5H3. The van der Waals surface area contributed by atoms with Gasteiger partial charge in [-0.2, -0.15) is 0 Å². The van der Waals surface area contributed by atoms with Crippen molar-refractivity contribution in [2.75, 3.05) is 13.7 Å². The van der Waals surface area contributed by atoms with Gasteiger partial charge in [-0.05, 0) is 106 Å². The normalized spacial score (nSPS) is 33.0. The Balaban J connectivity index is 1.67. The number of rotatable bonds is 6. The molecule has 34 heavy (non-hydrogen) atoms. The van der Waals surface area contributed by atoms with E-state index in [0.717, 1.165) is 63.0 Å². The van der Waals surface area contributed by atoms with Crippen molar-refractivity contribution >= 4 is 5.91 Å². The molecule has 2 atom stereocenters. The molecule has 0 aromatic heterocycles. The number of amides is 1. The largest absolute Gasteiger partial charge is 0.493 e. The van der Waals surface area contributed by atoms with Crippen molar-refractivity contribution in [3.8, 4) is 5.75 Å². The van der Waals surface area contributed by atoms with Gasteiger partial charge in [0.25, 0.3) is 0 Å². The smallest absolute Gasteiger partial charge is 0.238 e. The number of hydrogen-bond acceptors (Lipinski definition) is 3. The average Bonchev–Trinajstić information content (AvgIpc) is 3.63. The first-order chi connectivity index (χ1) is 16.4. The van der Waals surface area contributed by atoms with Crippen LogP contribution in [0.4, 0.5) is 0 Å². The molecule has 1 amide bonds. The zero-order valence-corrected chi connectivity index (χ0v) is 21.5. The van der Waals surface area contributed by atoms with Gasteiger partial charge in [0, 0.05) is 13.2 Å². The molecule has 1 aliphatic heterocycles. The number of methoxy groups -OCH3 is 1. The van der Waals surface area contributed by atoms with E-state index in [2.05, 4.69) is 51.3 Å². The van der Waals surface area contributed by atoms with Crippen LogP contribution in [-0.2, 0) is 21.4 Å². The highest BCUT2D eigenvalue weighted by Gasteiger charge is 2.68. The second-order valence-electron chi connectivity index (χ2n) is 11.5. The molecule has 4 nitrogen and oxygen atoms in total. The minimum Gasteiger partial charge on any atom is -0.493 e. The summed E-state index contributed by atoms with van der Waals surface area (Å²) in [5.74, 6) is 2.13. The number of carbonyl (C=O) groups is 1. The van der Waals surface area contributed by atoms with E-state index in [1.807, 2.05) is 12.0 Å². The number of benzene rings is 1. The predicted octanol–water partition coefficient (Wildman–Crippen LogP) is 6.18. The Labute approximate surface area is 205 Å². The van der Waals surface area contributed by atoms with Gasteiger partial charge in [-0.15, -0.1) is 5.73 Å². The molecular weight excluding hydrogens is 422 g/mol. The Morgan fingerprint density at radius 2 is 1.94 bits per heavy atom. The maximum absolute atomic E-state index is 14.9. The lowest BCUT2D eigenvalue weighted by molar-refractivity contribution is -0.154. The Morgan fingerprint density at radius 1 is 1.21 bits per heavy atom. The van der Waals surface area contributed by atoms with Crippen molar-refractivity contribution in [3.63, 3.8) is 0 Å². The fraction of sp³-hybridized carbons (Fsp3) is 0.667. The van der Waals surface area contributed by atoms with Crippen LogP contribution in [0.25, 0.3) is 0 Å². The van der Waals surface area contributed by atoms with E-state index in [-0.39, 0.29) is 23.3 Å². The van der Waals surface area contributed by atoms with E-state index >= 15 is 0 Å². The highest BCUT2D eigenvalue weighted by atomic mass is 16.5. The predicted molar refractivity (Wildman–Crippen MR) is 135 cm³/mol. The molecule has 4 aliphatic rings. The van der Waals surface area contributed by atoms with E-state index in [9.17, 15) is 4.79 Å². The molecule has 2 spiro atoms. The summed E-state index contributed by atoms with van der Waals surface area (Å²) in [6.07, 6.45) is 9.73. The zero-order valence-electron chi connectivity index (χ0n) is 21.5. The molecule has 1 aromatic rings. The van der Waals surface area contributed by atoms with Gasteiger partial charge in [0.1, 0.15) is 5.75 Å². The Bertz CT molecular complexity index is 994. The van der Waals surface area contributed by atoms with Crippen LogP contribution in [0.3, 0.4) is 0 Å². The summed E-state index contributed by atoms with van der Waals surface area (Å²) in [7, 11) is 1.83. The van der Waals surface area contributed by atoms with Gasteiger partial charge in [-0.3, -0.25) is 4.79 Å². The molecule has 1 heterocycles. The molecule has 0 radical (unpaired) electrons. The van der Waals surface area contributed by atoms with Gasteiger partial charge in [0.2, 0.25) is 5.91 Å². The van der Waals surface area contributed by atoms with Crippen LogP contribution in [0.2, 0.25) is 0 Å². The molecule has 3 fully saturated rings. The summed E-state index contributed by atoms with van der Waals surface area (Å²) in [5, 5.41) is 0. The summed E-state index contributed by atoms with van der Waals surface area (Å²) in [6, 6.07) is 6.72. The van der Waals surface area contributed by atoms with Gasteiger partial charge in [-0.25, -0.2) is 0 Å². The summed E-state index contributed by atoms with van der Waals surface area (Å²) in [4.78, 5) is 16.9. The second kappa shape index (κ2) is 8.88. The first-order valence-corrected chi connectivity index (χ1v) is 13.4. The van der Waals surface area contributed by atoms with Crippen LogP contribution < -0.4 is 4.74 Å². The summed E-state index contributed by atoms with van der Waals surface area (Å²) in [5.41, 5.74) is 6.09. The van der Waals surface area contributed by atoms with E-state index in [1.54, 1.807) is 0 Å². The Kier molecular flexibility index (Phi) is 6.19. The van der Waals surface area contributed by atoms with E-state index < -0.39 is 5.41 Å². The molecule has 0 N–H and O–H groups in total. The monoisotopic (exact) mass is 463 g/mol. The third-order valence-electron chi connectivity index (χ3n) is 9.39. The summed E-state index contributed by atoms with van der Waals surface area (Å²) >= 11 is 0. The molecule has 2 unspecified atom stereocenters. The van der Waals surface area contributed by atoms with Crippen LogP contribution in [0.5, 0.6) is 5.75 Å². The number of allylic oxidation sites excluding steroid dienone is 1. The number of hydrogen-bond donors (Lipinski definition) is 0. The van der Waals surface area contributed by atoms with Crippen LogP contribution in [0, 0.1) is 17.3 Å². The highest BCUT2D eigenvalue weighted by molar-refractivity contribution is 5.94. The Hall–Kier alpha value is -2.03. The number of nitrogens with zero attached hydrogens (tertiary/aromatic N) is 1. The molecule has 184 valence electrons. The van der Waals surface area contributed by atoms with Gasteiger partial charge in [0.15, 0.2) is 0 Å². The lowest BCUT2D eigenvalue weighted by atomic mass is 9.49. The topological polar surface area (TPSA) is 38.8 Å².